The number of ether oxygens (including phenoxy) is 3. The number of hydrogen-bond donors (Lipinski definition) is 0. The molecule has 3 aromatic rings. The second kappa shape index (κ2) is 6.76. The van der Waals surface area contributed by atoms with E-state index in [1.165, 1.54) is 0 Å². The fraction of sp³-hybridized carbons (Fsp3) is 0.150. The molecule has 0 amide bonds. The maximum absolute atomic E-state index is 12.3. The molecule has 0 saturated carbocycles. The van der Waals surface area contributed by atoms with Crippen LogP contribution >= 0.6 is 15.9 Å². The summed E-state index contributed by atoms with van der Waals surface area (Å²) in [4.78, 5) is 12.3. The third-order valence-electron chi connectivity index (χ3n) is 4.14. The summed E-state index contributed by atoms with van der Waals surface area (Å²) in [6.07, 6.45) is 0.240. The van der Waals surface area contributed by atoms with Gasteiger partial charge >= 0.3 is 5.97 Å². The first kappa shape index (κ1) is 16.0. The van der Waals surface area contributed by atoms with Crippen LogP contribution in [0.4, 0.5) is 0 Å². The fourth-order valence-electron chi connectivity index (χ4n) is 2.88. The Bertz CT molecular complexity index is 946. The summed E-state index contributed by atoms with van der Waals surface area (Å²) in [6, 6.07) is 17.6. The van der Waals surface area contributed by atoms with Crippen LogP contribution in [-0.4, -0.2) is 12.8 Å². The van der Waals surface area contributed by atoms with Crippen LogP contribution in [0.15, 0.2) is 59.1 Å². The molecule has 0 unspecified atom stereocenters. The predicted octanol–water partition coefficient (Wildman–Crippen LogP) is 4.62. The SMILES string of the molecule is O=C(Cc1cccc2ccccc12)OCc1cc2c(cc1Br)OCO2. The number of esters is 1. The molecule has 5 heteroatoms. The molecule has 4 rings (SSSR count). The van der Waals surface area contributed by atoms with E-state index in [1.54, 1.807) is 0 Å². The molecule has 1 heterocycles. The van der Waals surface area contributed by atoms with E-state index in [9.17, 15) is 4.79 Å². The topological polar surface area (TPSA) is 44.8 Å². The number of carbonyl (C=O) groups is 1. The van der Waals surface area contributed by atoms with Gasteiger partial charge in [0, 0.05) is 10.0 Å². The van der Waals surface area contributed by atoms with Crippen molar-refractivity contribution in [2.75, 3.05) is 6.79 Å². The summed E-state index contributed by atoms with van der Waals surface area (Å²) >= 11 is 3.47. The minimum Gasteiger partial charge on any atom is -0.461 e. The summed E-state index contributed by atoms with van der Waals surface area (Å²) in [5.74, 6) is 1.10. The van der Waals surface area contributed by atoms with Crippen molar-refractivity contribution >= 4 is 32.7 Å². The highest BCUT2D eigenvalue weighted by Crippen LogP contribution is 2.37. The molecule has 0 saturated heterocycles. The van der Waals surface area contributed by atoms with Crippen molar-refractivity contribution in [3.8, 4) is 11.5 Å². The van der Waals surface area contributed by atoms with E-state index >= 15 is 0 Å². The lowest BCUT2D eigenvalue weighted by Gasteiger charge is -2.09. The Hall–Kier alpha value is -2.53. The summed E-state index contributed by atoms with van der Waals surface area (Å²) in [5, 5.41) is 2.19. The molecule has 0 atom stereocenters. The molecule has 0 aliphatic carbocycles. The number of carbonyl (C=O) groups excluding carboxylic acids is 1. The molecule has 0 aromatic heterocycles. The first-order valence-corrected chi connectivity index (χ1v) is 8.70. The van der Waals surface area contributed by atoms with Gasteiger partial charge in [-0.15, -0.1) is 0 Å². The van der Waals surface area contributed by atoms with E-state index in [-0.39, 0.29) is 25.8 Å². The smallest absolute Gasteiger partial charge is 0.310 e. The average Bonchev–Trinajstić information content (AvgIpc) is 3.07. The molecule has 126 valence electrons. The fourth-order valence-corrected chi connectivity index (χ4v) is 3.32. The maximum atomic E-state index is 12.3. The van der Waals surface area contributed by atoms with Crippen molar-refractivity contribution in [1.82, 2.24) is 0 Å². The van der Waals surface area contributed by atoms with Gasteiger partial charge in [0.1, 0.15) is 6.61 Å². The van der Waals surface area contributed by atoms with Crippen LogP contribution in [-0.2, 0) is 22.6 Å². The largest absolute Gasteiger partial charge is 0.461 e. The van der Waals surface area contributed by atoms with Gasteiger partial charge in [0.05, 0.1) is 6.42 Å². The van der Waals surface area contributed by atoms with Crippen LogP contribution in [0.3, 0.4) is 0 Å². The van der Waals surface area contributed by atoms with E-state index in [2.05, 4.69) is 15.9 Å². The first-order chi connectivity index (χ1) is 12.2. The van der Waals surface area contributed by atoms with Crippen LogP contribution in [0.5, 0.6) is 11.5 Å². The molecule has 0 fully saturated rings. The van der Waals surface area contributed by atoms with Gasteiger partial charge in [-0.2, -0.15) is 0 Å². The molecular formula is C20H15BrO4. The van der Waals surface area contributed by atoms with Crippen molar-refractivity contribution in [1.29, 1.82) is 0 Å². The zero-order valence-corrected chi connectivity index (χ0v) is 14.9. The number of halogens is 1. The number of rotatable bonds is 4. The Labute approximate surface area is 153 Å². The third-order valence-corrected chi connectivity index (χ3v) is 4.88. The molecule has 25 heavy (non-hydrogen) atoms. The molecule has 0 N–H and O–H groups in total. The number of fused-ring (bicyclic) bond motifs is 2. The Morgan fingerprint density at radius 1 is 1.00 bits per heavy atom. The van der Waals surface area contributed by atoms with Crippen LogP contribution in [0.25, 0.3) is 10.8 Å². The van der Waals surface area contributed by atoms with Gasteiger partial charge in [0.15, 0.2) is 11.5 Å². The number of hydrogen-bond acceptors (Lipinski definition) is 4. The molecular weight excluding hydrogens is 384 g/mol. The monoisotopic (exact) mass is 398 g/mol. The minimum absolute atomic E-state index is 0.181. The van der Waals surface area contributed by atoms with E-state index in [4.69, 9.17) is 14.2 Å². The molecule has 0 spiro atoms. The zero-order chi connectivity index (χ0) is 17.2. The highest BCUT2D eigenvalue weighted by Gasteiger charge is 2.17. The van der Waals surface area contributed by atoms with E-state index in [1.807, 2.05) is 54.6 Å². The van der Waals surface area contributed by atoms with Crippen LogP contribution in [0.1, 0.15) is 11.1 Å². The lowest BCUT2D eigenvalue weighted by molar-refractivity contribution is -0.144. The molecule has 1 aliphatic heterocycles. The van der Waals surface area contributed by atoms with E-state index < -0.39 is 0 Å². The lowest BCUT2D eigenvalue weighted by Crippen LogP contribution is -2.08. The lowest BCUT2D eigenvalue weighted by atomic mass is 10.0. The maximum Gasteiger partial charge on any atom is 0.310 e. The normalized spacial score (nSPS) is 12.4. The van der Waals surface area contributed by atoms with Crippen LogP contribution in [0, 0.1) is 0 Å². The molecule has 1 aliphatic rings. The van der Waals surface area contributed by atoms with Crippen molar-refractivity contribution < 1.29 is 19.0 Å². The predicted molar refractivity (Wildman–Crippen MR) is 97.7 cm³/mol. The van der Waals surface area contributed by atoms with Gasteiger partial charge < -0.3 is 14.2 Å². The van der Waals surface area contributed by atoms with Crippen molar-refractivity contribution in [2.24, 2.45) is 0 Å². The summed E-state index contributed by atoms with van der Waals surface area (Å²) < 4.78 is 17.0. The summed E-state index contributed by atoms with van der Waals surface area (Å²) in [7, 11) is 0. The Kier molecular flexibility index (Phi) is 4.32. The van der Waals surface area contributed by atoms with E-state index in [0.29, 0.717) is 11.5 Å². The van der Waals surface area contributed by atoms with Crippen LogP contribution in [0.2, 0.25) is 0 Å². The van der Waals surface area contributed by atoms with Crippen LogP contribution < -0.4 is 9.47 Å². The van der Waals surface area contributed by atoms with Gasteiger partial charge in [0.2, 0.25) is 6.79 Å². The number of benzene rings is 3. The Morgan fingerprint density at radius 2 is 1.76 bits per heavy atom. The highest BCUT2D eigenvalue weighted by molar-refractivity contribution is 9.10. The van der Waals surface area contributed by atoms with Gasteiger partial charge in [-0.3, -0.25) is 4.79 Å². The highest BCUT2D eigenvalue weighted by atomic mass is 79.9. The van der Waals surface area contributed by atoms with Crippen molar-refractivity contribution in [3.63, 3.8) is 0 Å². The summed E-state index contributed by atoms with van der Waals surface area (Å²) in [5.41, 5.74) is 1.81. The zero-order valence-electron chi connectivity index (χ0n) is 13.3. The molecule has 0 radical (unpaired) electrons. The van der Waals surface area contributed by atoms with E-state index in [0.717, 1.165) is 26.4 Å². The van der Waals surface area contributed by atoms with Gasteiger partial charge in [-0.05, 0) is 28.5 Å². The molecule has 0 bridgehead atoms. The van der Waals surface area contributed by atoms with Gasteiger partial charge in [0.25, 0.3) is 0 Å². The van der Waals surface area contributed by atoms with Gasteiger partial charge in [-0.25, -0.2) is 0 Å². The van der Waals surface area contributed by atoms with Crippen molar-refractivity contribution in [3.05, 3.63) is 70.2 Å². The van der Waals surface area contributed by atoms with Crippen molar-refractivity contribution in [2.45, 2.75) is 13.0 Å². The molecule has 4 nitrogen and oxygen atoms in total. The average molecular weight is 399 g/mol. The first-order valence-electron chi connectivity index (χ1n) is 7.91. The minimum atomic E-state index is -0.263. The van der Waals surface area contributed by atoms with Gasteiger partial charge in [-0.1, -0.05) is 58.4 Å². The third kappa shape index (κ3) is 3.33. The second-order valence-corrected chi connectivity index (χ2v) is 6.63. The Balaban J connectivity index is 1.46. The Morgan fingerprint density at radius 3 is 2.64 bits per heavy atom. The second-order valence-electron chi connectivity index (χ2n) is 5.77. The summed E-state index contributed by atoms with van der Waals surface area (Å²) in [6.45, 7) is 0.396. The standard InChI is InChI=1S/C20H15BrO4/c21-17-10-19-18(24-12-25-19)8-15(17)11-23-20(22)9-14-6-3-5-13-4-1-2-7-16(13)14/h1-8,10H,9,11-12H2. The molecule has 3 aromatic carbocycles. The quantitative estimate of drug-likeness (QED) is 0.601.